The molecule has 0 aliphatic carbocycles. The van der Waals surface area contributed by atoms with Gasteiger partial charge in [-0.1, -0.05) is 0 Å². The summed E-state index contributed by atoms with van der Waals surface area (Å²) < 4.78 is 0. The van der Waals surface area contributed by atoms with Crippen molar-refractivity contribution in [2.75, 3.05) is 31.1 Å². The van der Waals surface area contributed by atoms with E-state index in [-0.39, 0.29) is 6.10 Å². The third-order valence-electron chi connectivity index (χ3n) is 3.56. The molecule has 1 aliphatic rings. The van der Waals surface area contributed by atoms with E-state index in [0.717, 1.165) is 26.2 Å². The van der Waals surface area contributed by atoms with Crippen molar-refractivity contribution in [2.24, 2.45) is 0 Å². The summed E-state index contributed by atoms with van der Waals surface area (Å²) in [6.07, 6.45) is -0.270. The molecular formula is C15H21N3O. The Bertz CT molecular complexity index is 449. The van der Waals surface area contributed by atoms with E-state index in [4.69, 9.17) is 5.26 Å². The maximum atomic E-state index is 9.45. The first-order valence-electron chi connectivity index (χ1n) is 6.77. The number of anilines is 1. The molecular weight excluding hydrogens is 238 g/mol. The normalized spacial score (nSPS) is 22.0. The van der Waals surface area contributed by atoms with Crippen LogP contribution in [0.5, 0.6) is 0 Å². The summed E-state index contributed by atoms with van der Waals surface area (Å²) in [6.45, 7) is 7.66. The molecule has 1 aromatic carbocycles. The zero-order valence-corrected chi connectivity index (χ0v) is 11.6. The van der Waals surface area contributed by atoms with Gasteiger partial charge in [0.05, 0.1) is 17.7 Å². The lowest BCUT2D eigenvalue weighted by atomic mass is 10.1. The predicted octanol–water partition coefficient (Wildman–Crippen LogP) is 1.45. The summed E-state index contributed by atoms with van der Waals surface area (Å²) >= 11 is 0. The number of piperazine rings is 1. The fraction of sp³-hybridized carbons (Fsp3) is 0.533. The number of rotatable bonds is 3. The molecule has 0 unspecified atom stereocenters. The Morgan fingerprint density at radius 2 is 2.05 bits per heavy atom. The van der Waals surface area contributed by atoms with E-state index in [2.05, 4.69) is 22.8 Å². The van der Waals surface area contributed by atoms with Crippen LogP contribution in [-0.2, 0) is 0 Å². The van der Waals surface area contributed by atoms with E-state index in [1.54, 1.807) is 0 Å². The molecule has 2 atom stereocenters. The van der Waals surface area contributed by atoms with Crippen LogP contribution in [0.25, 0.3) is 0 Å². The average molecular weight is 259 g/mol. The van der Waals surface area contributed by atoms with Crippen molar-refractivity contribution in [3.8, 4) is 6.07 Å². The van der Waals surface area contributed by atoms with Crippen LogP contribution >= 0.6 is 0 Å². The van der Waals surface area contributed by atoms with Gasteiger partial charge in [0.1, 0.15) is 0 Å². The van der Waals surface area contributed by atoms with Gasteiger partial charge in [-0.25, -0.2) is 0 Å². The van der Waals surface area contributed by atoms with Gasteiger partial charge in [-0.3, -0.25) is 4.90 Å². The Labute approximate surface area is 114 Å². The highest BCUT2D eigenvalue weighted by molar-refractivity contribution is 5.50. The van der Waals surface area contributed by atoms with Gasteiger partial charge >= 0.3 is 0 Å². The summed E-state index contributed by atoms with van der Waals surface area (Å²) in [4.78, 5) is 4.66. The fourth-order valence-electron chi connectivity index (χ4n) is 2.68. The molecule has 4 nitrogen and oxygen atoms in total. The molecule has 0 spiro atoms. The largest absolute Gasteiger partial charge is 0.392 e. The van der Waals surface area contributed by atoms with Gasteiger partial charge in [0.2, 0.25) is 0 Å². The molecule has 1 aromatic rings. The summed E-state index contributed by atoms with van der Waals surface area (Å²) in [5, 5.41) is 18.3. The van der Waals surface area contributed by atoms with Crippen LogP contribution in [0.4, 0.5) is 5.69 Å². The van der Waals surface area contributed by atoms with Gasteiger partial charge < -0.3 is 10.0 Å². The van der Waals surface area contributed by atoms with Crippen LogP contribution in [0, 0.1) is 11.3 Å². The number of aliphatic hydroxyl groups excluding tert-OH is 1. The van der Waals surface area contributed by atoms with Gasteiger partial charge in [0.25, 0.3) is 0 Å². The van der Waals surface area contributed by atoms with Gasteiger partial charge in [-0.05, 0) is 38.1 Å². The van der Waals surface area contributed by atoms with E-state index < -0.39 is 0 Å². The first kappa shape index (κ1) is 13.9. The van der Waals surface area contributed by atoms with Crippen LogP contribution in [0.3, 0.4) is 0 Å². The molecule has 1 aliphatic heterocycles. The molecule has 2 rings (SSSR count). The second-order valence-corrected chi connectivity index (χ2v) is 5.31. The highest BCUT2D eigenvalue weighted by Gasteiger charge is 2.24. The molecule has 1 N–H and O–H groups in total. The van der Waals surface area contributed by atoms with Gasteiger partial charge in [-0.2, -0.15) is 5.26 Å². The fourth-order valence-corrected chi connectivity index (χ4v) is 2.68. The number of hydrogen-bond donors (Lipinski definition) is 1. The summed E-state index contributed by atoms with van der Waals surface area (Å²) in [5.74, 6) is 0. The Kier molecular flexibility index (Phi) is 4.41. The van der Waals surface area contributed by atoms with Crippen molar-refractivity contribution in [3.63, 3.8) is 0 Å². The molecule has 1 heterocycles. The topological polar surface area (TPSA) is 50.5 Å². The average Bonchev–Trinajstić information content (AvgIpc) is 2.38. The minimum Gasteiger partial charge on any atom is -0.392 e. The van der Waals surface area contributed by atoms with Gasteiger partial charge in [0, 0.05) is 37.9 Å². The monoisotopic (exact) mass is 259 g/mol. The van der Waals surface area contributed by atoms with Crippen molar-refractivity contribution < 1.29 is 5.11 Å². The standard InChI is InChI=1S/C15H21N3O/c1-12-10-17(11-13(2)19)7-8-18(12)15-5-3-14(9-16)4-6-15/h3-6,12-13,19H,7-8,10-11H2,1-2H3/t12-,13-/m0/s1. The van der Waals surface area contributed by atoms with Crippen molar-refractivity contribution in [2.45, 2.75) is 26.0 Å². The molecule has 102 valence electrons. The van der Waals surface area contributed by atoms with Crippen LogP contribution in [0.15, 0.2) is 24.3 Å². The summed E-state index contributed by atoms with van der Waals surface area (Å²) in [6, 6.07) is 10.3. The van der Waals surface area contributed by atoms with E-state index in [1.165, 1.54) is 5.69 Å². The Hall–Kier alpha value is -1.57. The molecule has 0 aromatic heterocycles. The zero-order chi connectivity index (χ0) is 13.8. The molecule has 4 heteroatoms. The van der Waals surface area contributed by atoms with Crippen LogP contribution in [0.1, 0.15) is 19.4 Å². The second-order valence-electron chi connectivity index (χ2n) is 5.31. The number of hydrogen-bond acceptors (Lipinski definition) is 4. The number of β-amino-alcohol motifs (C(OH)–C–C–N with tert-alkyl or cyclic N) is 1. The molecule has 0 saturated carbocycles. The number of benzene rings is 1. The lowest BCUT2D eigenvalue weighted by Gasteiger charge is -2.41. The maximum absolute atomic E-state index is 9.45. The van der Waals surface area contributed by atoms with Crippen molar-refractivity contribution in [1.82, 2.24) is 4.90 Å². The molecule has 0 bridgehead atoms. The van der Waals surface area contributed by atoms with E-state index in [9.17, 15) is 5.11 Å². The third-order valence-corrected chi connectivity index (χ3v) is 3.56. The minimum absolute atomic E-state index is 0.270. The van der Waals surface area contributed by atoms with Crippen LogP contribution < -0.4 is 4.90 Å². The first-order chi connectivity index (χ1) is 9.10. The number of nitriles is 1. The Morgan fingerprint density at radius 3 is 2.58 bits per heavy atom. The summed E-state index contributed by atoms with van der Waals surface area (Å²) in [5.41, 5.74) is 1.87. The van der Waals surface area contributed by atoms with E-state index in [0.29, 0.717) is 11.6 Å². The van der Waals surface area contributed by atoms with Crippen molar-refractivity contribution in [1.29, 1.82) is 5.26 Å². The second kappa shape index (κ2) is 6.05. The van der Waals surface area contributed by atoms with E-state index in [1.807, 2.05) is 31.2 Å². The minimum atomic E-state index is -0.270. The SMILES string of the molecule is C[C@H](O)CN1CCN(c2ccc(C#N)cc2)[C@@H](C)C1. The highest BCUT2D eigenvalue weighted by Crippen LogP contribution is 2.21. The lowest BCUT2D eigenvalue weighted by molar-refractivity contribution is 0.115. The molecule has 1 fully saturated rings. The molecule has 0 amide bonds. The number of nitrogens with zero attached hydrogens (tertiary/aromatic N) is 3. The number of aliphatic hydroxyl groups is 1. The van der Waals surface area contributed by atoms with Gasteiger partial charge in [0.15, 0.2) is 0 Å². The van der Waals surface area contributed by atoms with Crippen molar-refractivity contribution in [3.05, 3.63) is 29.8 Å². The predicted molar refractivity (Wildman–Crippen MR) is 76.1 cm³/mol. The maximum Gasteiger partial charge on any atom is 0.0991 e. The first-order valence-corrected chi connectivity index (χ1v) is 6.77. The Balaban J connectivity index is 2.01. The van der Waals surface area contributed by atoms with Gasteiger partial charge in [-0.15, -0.1) is 0 Å². The molecule has 0 radical (unpaired) electrons. The third kappa shape index (κ3) is 3.46. The van der Waals surface area contributed by atoms with E-state index >= 15 is 0 Å². The van der Waals surface area contributed by atoms with Crippen molar-refractivity contribution >= 4 is 5.69 Å². The lowest BCUT2D eigenvalue weighted by Crippen LogP contribution is -2.53. The summed E-state index contributed by atoms with van der Waals surface area (Å²) in [7, 11) is 0. The van der Waals surface area contributed by atoms with Crippen LogP contribution in [-0.4, -0.2) is 48.3 Å². The smallest absolute Gasteiger partial charge is 0.0991 e. The molecule has 1 saturated heterocycles. The zero-order valence-electron chi connectivity index (χ0n) is 11.6. The highest BCUT2D eigenvalue weighted by atomic mass is 16.3. The Morgan fingerprint density at radius 1 is 1.37 bits per heavy atom. The molecule has 19 heavy (non-hydrogen) atoms. The quantitative estimate of drug-likeness (QED) is 0.892. The van der Waals surface area contributed by atoms with Crippen LogP contribution in [0.2, 0.25) is 0 Å².